The molecular weight excluding hydrogens is 357 g/mol. The molecule has 0 aliphatic carbocycles. The molecule has 1 heterocycles. The summed E-state index contributed by atoms with van der Waals surface area (Å²) in [7, 11) is 1.28. The van der Waals surface area contributed by atoms with Crippen molar-refractivity contribution in [2.24, 2.45) is 11.8 Å². The summed E-state index contributed by atoms with van der Waals surface area (Å²) in [5, 5.41) is 0.0102. The molecule has 1 aromatic rings. The standard InChI is InChI=1S/C13H14Cl3NO3S/c1-7-5-17(6-8(7)2)13(18)9-3-12(21(16,19)20)11(15)4-10(9)14/h3-4,7-8H,5-6H2,1-2H3. The largest absolute Gasteiger partial charge is 0.338 e. The monoisotopic (exact) mass is 369 g/mol. The summed E-state index contributed by atoms with van der Waals surface area (Å²) in [6.45, 7) is 5.36. The Labute approximate surface area is 138 Å². The van der Waals surface area contributed by atoms with Gasteiger partial charge in [0.2, 0.25) is 0 Å². The van der Waals surface area contributed by atoms with E-state index in [0.29, 0.717) is 24.9 Å². The third kappa shape index (κ3) is 3.47. The average Bonchev–Trinajstić information content (AvgIpc) is 2.67. The Bertz CT molecular complexity index is 680. The van der Waals surface area contributed by atoms with E-state index >= 15 is 0 Å². The van der Waals surface area contributed by atoms with Gasteiger partial charge in [0.05, 0.1) is 15.6 Å². The van der Waals surface area contributed by atoms with Crippen LogP contribution in [0.4, 0.5) is 0 Å². The first kappa shape index (κ1) is 16.9. The second-order valence-electron chi connectivity index (χ2n) is 5.37. The molecule has 2 atom stereocenters. The highest BCUT2D eigenvalue weighted by atomic mass is 35.7. The van der Waals surface area contributed by atoms with Gasteiger partial charge in [-0.3, -0.25) is 4.79 Å². The Balaban J connectivity index is 2.43. The van der Waals surface area contributed by atoms with E-state index in [1.165, 1.54) is 6.07 Å². The van der Waals surface area contributed by atoms with Crippen LogP contribution >= 0.6 is 33.9 Å². The van der Waals surface area contributed by atoms with Gasteiger partial charge in [-0.05, 0) is 24.0 Å². The molecule has 21 heavy (non-hydrogen) atoms. The highest BCUT2D eigenvalue weighted by Gasteiger charge is 2.31. The average molecular weight is 371 g/mol. The zero-order valence-electron chi connectivity index (χ0n) is 11.4. The molecule has 1 aromatic carbocycles. The van der Waals surface area contributed by atoms with Crippen molar-refractivity contribution < 1.29 is 13.2 Å². The van der Waals surface area contributed by atoms with E-state index in [-0.39, 0.29) is 26.4 Å². The number of nitrogens with zero attached hydrogens (tertiary/aromatic N) is 1. The smallest absolute Gasteiger partial charge is 0.262 e. The molecule has 0 spiro atoms. The van der Waals surface area contributed by atoms with Crippen molar-refractivity contribution in [3.8, 4) is 0 Å². The Morgan fingerprint density at radius 2 is 1.67 bits per heavy atom. The van der Waals surface area contributed by atoms with E-state index in [2.05, 4.69) is 13.8 Å². The van der Waals surface area contributed by atoms with Gasteiger partial charge in [-0.1, -0.05) is 37.0 Å². The summed E-state index contributed by atoms with van der Waals surface area (Å²) in [6, 6.07) is 2.37. The number of hydrogen-bond acceptors (Lipinski definition) is 3. The molecule has 2 unspecified atom stereocenters. The van der Waals surface area contributed by atoms with Gasteiger partial charge in [0.25, 0.3) is 15.0 Å². The lowest BCUT2D eigenvalue weighted by molar-refractivity contribution is 0.0785. The summed E-state index contributed by atoms with van der Waals surface area (Å²) in [5.41, 5.74) is 0.0987. The summed E-state index contributed by atoms with van der Waals surface area (Å²) < 4.78 is 23.0. The van der Waals surface area contributed by atoms with Crippen LogP contribution in [-0.4, -0.2) is 32.3 Å². The predicted molar refractivity (Wildman–Crippen MR) is 83.7 cm³/mol. The van der Waals surface area contributed by atoms with Crippen LogP contribution < -0.4 is 0 Å². The van der Waals surface area contributed by atoms with Gasteiger partial charge >= 0.3 is 0 Å². The van der Waals surface area contributed by atoms with Gasteiger partial charge in [-0.15, -0.1) is 0 Å². The fourth-order valence-electron chi connectivity index (χ4n) is 2.35. The first-order valence-electron chi connectivity index (χ1n) is 6.34. The maximum atomic E-state index is 12.5. The Morgan fingerprint density at radius 1 is 1.14 bits per heavy atom. The van der Waals surface area contributed by atoms with Gasteiger partial charge in [0.1, 0.15) is 4.90 Å². The Morgan fingerprint density at radius 3 is 2.14 bits per heavy atom. The SMILES string of the molecule is CC1CN(C(=O)c2cc(S(=O)(=O)Cl)c(Cl)cc2Cl)CC1C. The molecule has 4 nitrogen and oxygen atoms in total. The number of likely N-dealkylation sites (tertiary alicyclic amines) is 1. The fraction of sp³-hybridized carbons (Fsp3) is 0.462. The predicted octanol–water partition coefficient (Wildman–Crippen LogP) is 3.65. The van der Waals surface area contributed by atoms with Gasteiger partial charge in [0, 0.05) is 23.8 Å². The Kier molecular flexibility index (Phi) is 4.78. The fourth-order valence-corrected chi connectivity index (χ4v) is 4.17. The first-order valence-corrected chi connectivity index (χ1v) is 9.40. The van der Waals surface area contributed by atoms with Crippen molar-refractivity contribution >= 4 is 48.8 Å². The molecule has 8 heteroatoms. The van der Waals surface area contributed by atoms with Crippen LogP contribution in [0, 0.1) is 11.8 Å². The molecule has 1 saturated heterocycles. The molecule has 1 amide bonds. The van der Waals surface area contributed by atoms with Crippen LogP contribution in [0.3, 0.4) is 0 Å². The molecule has 0 bridgehead atoms. The molecule has 1 aliphatic rings. The molecule has 0 aromatic heterocycles. The van der Waals surface area contributed by atoms with Crippen LogP contribution in [0.2, 0.25) is 10.0 Å². The zero-order chi connectivity index (χ0) is 15.9. The molecule has 2 rings (SSSR count). The van der Waals surface area contributed by atoms with Crippen molar-refractivity contribution in [1.82, 2.24) is 4.90 Å². The van der Waals surface area contributed by atoms with Crippen molar-refractivity contribution in [3.63, 3.8) is 0 Å². The summed E-state index contributed by atoms with van der Waals surface area (Å²) in [5.74, 6) is 0.460. The quantitative estimate of drug-likeness (QED) is 0.747. The van der Waals surface area contributed by atoms with Crippen LogP contribution in [0.5, 0.6) is 0 Å². The van der Waals surface area contributed by atoms with Crippen LogP contribution in [0.1, 0.15) is 24.2 Å². The molecule has 0 radical (unpaired) electrons. The number of halogens is 3. The summed E-state index contributed by atoms with van der Waals surface area (Å²) in [4.78, 5) is 13.9. The number of carbonyl (C=O) groups excluding carboxylic acids is 1. The minimum absolute atomic E-state index is 0.0987. The van der Waals surface area contributed by atoms with Gasteiger partial charge in [-0.25, -0.2) is 8.42 Å². The first-order chi connectivity index (χ1) is 9.61. The van der Waals surface area contributed by atoms with Crippen molar-refractivity contribution in [2.45, 2.75) is 18.7 Å². The van der Waals surface area contributed by atoms with Crippen molar-refractivity contribution in [2.75, 3.05) is 13.1 Å². The summed E-state index contributed by atoms with van der Waals surface area (Å²) >= 11 is 11.9. The second kappa shape index (κ2) is 5.95. The number of hydrogen-bond donors (Lipinski definition) is 0. The third-order valence-corrected chi connectivity index (χ3v) is 5.89. The van der Waals surface area contributed by atoms with Gasteiger partial charge in [-0.2, -0.15) is 0 Å². The number of carbonyl (C=O) groups is 1. The molecular formula is C13H14Cl3NO3S. The van der Waals surface area contributed by atoms with Crippen LogP contribution in [0.15, 0.2) is 17.0 Å². The summed E-state index contributed by atoms with van der Waals surface area (Å²) in [6.07, 6.45) is 0. The molecule has 0 saturated carbocycles. The highest BCUT2D eigenvalue weighted by Crippen LogP contribution is 2.32. The maximum absolute atomic E-state index is 12.5. The number of amides is 1. The number of benzene rings is 1. The minimum atomic E-state index is -4.04. The van der Waals surface area contributed by atoms with Crippen LogP contribution in [0.25, 0.3) is 0 Å². The lowest BCUT2D eigenvalue weighted by atomic mass is 10.0. The molecule has 0 N–H and O–H groups in total. The van der Waals surface area contributed by atoms with E-state index in [1.54, 1.807) is 4.90 Å². The van der Waals surface area contributed by atoms with Crippen molar-refractivity contribution in [3.05, 3.63) is 27.7 Å². The number of rotatable bonds is 2. The highest BCUT2D eigenvalue weighted by molar-refractivity contribution is 8.13. The lowest BCUT2D eigenvalue weighted by Gasteiger charge is -2.17. The normalized spacial score (nSPS) is 22.6. The topological polar surface area (TPSA) is 54.5 Å². The lowest BCUT2D eigenvalue weighted by Crippen LogP contribution is -2.29. The molecule has 1 aliphatic heterocycles. The van der Waals surface area contributed by atoms with Gasteiger partial charge in [0.15, 0.2) is 0 Å². The molecule has 116 valence electrons. The minimum Gasteiger partial charge on any atom is -0.338 e. The maximum Gasteiger partial charge on any atom is 0.262 e. The van der Waals surface area contributed by atoms with E-state index < -0.39 is 9.05 Å². The van der Waals surface area contributed by atoms with E-state index in [9.17, 15) is 13.2 Å². The van der Waals surface area contributed by atoms with Crippen molar-refractivity contribution in [1.29, 1.82) is 0 Å². The van der Waals surface area contributed by atoms with Gasteiger partial charge < -0.3 is 4.90 Å². The second-order valence-corrected chi connectivity index (χ2v) is 8.71. The third-order valence-electron chi connectivity index (χ3n) is 3.79. The Hall–Kier alpha value is -0.490. The molecule has 1 fully saturated rings. The van der Waals surface area contributed by atoms with E-state index in [0.717, 1.165) is 6.07 Å². The van der Waals surface area contributed by atoms with E-state index in [4.69, 9.17) is 33.9 Å². The van der Waals surface area contributed by atoms with E-state index in [1.807, 2.05) is 0 Å². The van der Waals surface area contributed by atoms with Crippen LogP contribution in [-0.2, 0) is 9.05 Å². The zero-order valence-corrected chi connectivity index (χ0v) is 14.5.